The number of ether oxygens (including phenoxy) is 4. The van der Waals surface area contributed by atoms with E-state index in [0.29, 0.717) is 37.7 Å². The van der Waals surface area contributed by atoms with E-state index in [1.165, 1.54) is 0 Å². The van der Waals surface area contributed by atoms with Crippen molar-refractivity contribution in [2.45, 2.75) is 20.0 Å². The average molecular weight is 487 g/mol. The maximum atomic E-state index is 10.5. The lowest BCUT2D eigenvalue weighted by molar-refractivity contribution is 0.215. The van der Waals surface area contributed by atoms with E-state index < -0.39 is 0 Å². The van der Waals surface area contributed by atoms with Crippen molar-refractivity contribution in [2.24, 2.45) is 0 Å². The molecule has 0 bridgehead atoms. The van der Waals surface area contributed by atoms with Crippen molar-refractivity contribution in [3.05, 3.63) is 71.3 Å². The highest BCUT2D eigenvalue weighted by atomic mass is 16.5. The summed E-state index contributed by atoms with van der Waals surface area (Å²) < 4.78 is 22.7. The lowest BCUT2D eigenvalue weighted by atomic mass is 10.0. The number of hydrogen-bond acceptors (Lipinski definition) is 7. The van der Waals surface area contributed by atoms with Crippen LogP contribution in [0.4, 0.5) is 0 Å². The summed E-state index contributed by atoms with van der Waals surface area (Å²) in [4.78, 5) is 7.21. The Morgan fingerprint density at radius 3 is 2.56 bits per heavy atom. The standard InChI is InChI=1S/C29H30N2O5/c1-18-12-24(30-28-23(18)6-5-7-26(28)34-3)20-13-21-17-31(10-11-36-29(21)27(14-20)35-4)16-19-8-9-22(33-2)15-25(19)32/h5-9,12-15,32H,10-11,16-17H2,1-4H3. The zero-order valence-corrected chi connectivity index (χ0v) is 21.0. The van der Waals surface area contributed by atoms with Gasteiger partial charge in [-0.05, 0) is 42.8 Å². The Bertz CT molecular complexity index is 1420. The van der Waals surface area contributed by atoms with Gasteiger partial charge in [-0.2, -0.15) is 0 Å². The Morgan fingerprint density at radius 2 is 1.81 bits per heavy atom. The first-order chi connectivity index (χ1) is 17.5. The molecule has 1 aromatic heterocycles. The maximum absolute atomic E-state index is 10.5. The number of pyridine rings is 1. The van der Waals surface area contributed by atoms with E-state index in [1.54, 1.807) is 27.4 Å². The Labute approximate surface area is 210 Å². The van der Waals surface area contributed by atoms with E-state index in [1.807, 2.05) is 30.3 Å². The highest BCUT2D eigenvalue weighted by Crippen LogP contribution is 2.39. The SMILES string of the molecule is COc1ccc(CN2CCOc3c(cc(-c4cc(C)c5cccc(OC)c5n4)cc3OC)C2)c(O)c1. The summed E-state index contributed by atoms with van der Waals surface area (Å²) in [5.41, 5.74) is 5.58. The van der Waals surface area contributed by atoms with Gasteiger partial charge in [-0.1, -0.05) is 18.2 Å². The number of benzene rings is 3. The zero-order chi connectivity index (χ0) is 25.2. The van der Waals surface area contributed by atoms with Crippen molar-refractivity contribution >= 4 is 10.9 Å². The summed E-state index contributed by atoms with van der Waals surface area (Å²) in [6.45, 7) is 4.53. The molecule has 0 spiro atoms. The van der Waals surface area contributed by atoms with Gasteiger partial charge in [-0.15, -0.1) is 0 Å². The molecule has 0 unspecified atom stereocenters. The van der Waals surface area contributed by atoms with Crippen LogP contribution < -0.4 is 18.9 Å². The molecule has 5 rings (SSSR count). The van der Waals surface area contributed by atoms with Crippen LogP contribution in [0.5, 0.6) is 28.7 Å². The van der Waals surface area contributed by atoms with Crippen LogP contribution in [-0.2, 0) is 13.1 Å². The van der Waals surface area contributed by atoms with E-state index in [4.69, 9.17) is 23.9 Å². The first-order valence-corrected chi connectivity index (χ1v) is 11.9. The third kappa shape index (κ3) is 4.50. The minimum absolute atomic E-state index is 0.218. The molecule has 0 radical (unpaired) electrons. The summed E-state index contributed by atoms with van der Waals surface area (Å²) in [7, 11) is 4.91. The predicted molar refractivity (Wildman–Crippen MR) is 139 cm³/mol. The third-order valence-electron chi connectivity index (χ3n) is 6.61. The first kappa shape index (κ1) is 23.8. The van der Waals surface area contributed by atoms with Crippen LogP contribution in [0.1, 0.15) is 16.7 Å². The van der Waals surface area contributed by atoms with Crippen LogP contribution in [0.15, 0.2) is 54.6 Å². The molecule has 3 aromatic carbocycles. The fourth-order valence-electron chi connectivity index (χ4n) is 4.72. The number of phenols is 1. The highest BCUT2D eigenvalue weighted by Gasteiger charge is 2.22. The molecule has 1 aliphatic heterocycles. The molecule has 0 atom stereocenters. The Balaban J connectivity index is 1.53. The van der Waals surface area contributed by atoms with E-state index in [-0.39, 0.29) is 5.75 Å². The lowest BCUT2D eigenvalue weighted by Gasteiger charge is -2.20. The molecule has 0 fully saturated rings. The largest absolute Gasteiger partial charge is 0.507 e. The average Bonchev–Trinajstić information content (AvgIpc) is 3.10. The van der Waals surface area contributed by atoms with Gasteiger partial charge in [0, 0.05) is 47.8 Å². The minimum atomic E-state index is 0.218. The summed E-state index contributed by atoms with van der Waals surface area (Å²) in [5, 5.41) is 11.5. The van der Waals surface area contributed by atoms with Crippen LogP contribution in [0.25, 0.3) is 22.2 Å². The number of phenolic OH excluding ortho intramolecular Hbond substituents is 1. The maximum Gasteiger partial charge on any atom is 0.165 e. The van der Waals surface area contributed by atoms with E-state index in [2.05, 4.69) is 30.0 Å². The van der Waals surface area contributed by atoms with Crippen LogP contribution in [0, 0.1) is 6.92 Å². The first-order valence-electron chi connectivity index (χ1n) is 11.9. The van der Waals surface area contributed by atoms with Gasteiger partial charge in [0.1, 0.15) is 29.4 Å². The summed E-state index contributed by atoms with van der Waals surface area (Å²) in [6, 6.07) is 17.5. The van der Waals surface area contributed by atoms with Gasteiger partial charge in [0.2, 0.25) is 0 Å². The van der Waals surface area contributed by atoms with Crippen molar-refractivity contribution in [3.8, 4) is 40.0 Å². The van der Waals surface area contributed by atoms with Crippen molar-refractivity contribution in [3.63, 3.8) is 0 Å². The topological polar surface area (TPSA) is 73.3 Å². The van der Waals surface area contributed by atoms with E-state index >= 15 is 0 Å². The molecule has 7 nitrogen and oxygen atoms in total. The molecular formula is C29H30N2O5. The predicted octanol–water partition coefficient (Wildman–Crippen LogP) is 5.34. The van der Waals surface area contributed by atoms with Gasteiger partial charge in [0.25, 0.3) is 0 Å². The second kappa shape index (κ2) is 9.95. The van der Waals surface area contributed by atoms with Crippen LogP contribution in [0.3, 0.4) is 0 Å². The fourth-order valence-corrected chi connectivity index (χ4v) is 4.72. The second-order valence-electron chi connectivity index (χ2n) is 8.90. The quantitative estimate of drug-likeness (QED) is 0.395. The molecule has 186 valence electrons. The molecule has 2 heterocycles. The number of aromatic hydroxyl groups is 1. The fraction of sp³-hybridized carbons (Fsp3) is 0.276. The normalized spacial score (nSPS) is 13.6. The number of para-hydroxylation sites is 1. The van der Waals surface area contributed by atoms with Crippen LogP contribution >= 0.6 is 0 Å². The molecule has 1 N–H and O–H groups in total. The summed E-state index contributed by atoms with van der Waals surface area (Å²) >= 11 is 0. The summed E-state index contributed by atoms with van der Waals surface area (Å²) in [6.07, 6.45) is 0. The molecule has 1 aliphatic rings. The van der Waals surface area contributed by atoms with Gasteiger partial charge >= 0.3 is 0 Å². The highest BCUT2D eigenvalue weighted by molar-refractivity contribution is 5.89. The van der Waals surface area contributed by atoms with Gasteiger partial charge in [-0.3, -0.25) is 4.90 Å². The zero-order valence-electron chi connectivity index (χ0n) is 21.0. The van der Waals surface area contributed by atoms with Crippen molar-refractivity contribution in [1.82, 2.24) is 9.88 Å². The van der Waals surface area contributed by atoms with Crippen molar-refractivity contribution in [2.75, 3.05) is 34.5 Å². The van der Waals surface area contributed by atoms with Crippen molar-refractivity contribution < 1.29 is 24.1 Å². The Kier molecular flexibility index (Phi) is 6.57. The monoisotopic (exact) mass is 486 g/mol. The van der Waals surface area contributed by atoms with Gasteiger partial charge < -0.3 is 24.1 Å². The van der Waals surface area contributed by atoms with Crippen LogP contribution in [-0.4, -0.2) is 49.5 Å². The number of fused-ring (bicyclic) bond motifs is 2. The molecule has 0 aliphatic carbocycles. The van der Waals surface area contributed by atoms with Gasteiger partial charge in [-0.25, -0.2) is 4.98 Å². The number of nitrogens with zero attached hydrogens (tertiary/aromatic N) is 2. The Hall–Kier alpha value is -3.97. The number of hydrogen-bond donors (Lipinski definition) is 1. The molecule has 4 aromatic rings. The van der Waals surface area contributed by atoms with E-state index in [0.717, 1.165) is 50.3 Å². The molecular weight excluding hydrogens is 456 g/mol. The number of methoxy groups -OCH3 is 3. The number of aryl methyl sites for hydroxylation is 1. The lowest BCUT2D eigenvalue weighted by Crippen LogP contribution is -2.25. The molecule has 0 saturated carbocycles. The molecule has 7 heteroatoms. The second-order valence-corrected chi connectivity index (χ2v) is 8.90. The third-order valence-corrected chi connectivity index (χ3v) is 6.61. The van der Waals surface area contributed by atoms with Crippen LogP contribution in [0.2, 0.25) is 0 Å². The smallest absolute Gasteiger partial charge is 0.165 e. The van der Waals surface area contributed by atoms with Gasteiger partial charge in [0.15, 0.2) is 11.5 Å². The van der Waals surface area contributed by atoms with Crippen molar-refractivity contribution in [1.29, 1.82) is 0 Å². The number of rotatable bonds is 6. The molecule has 0 saturated heterocycles. The molecule has 0 amide bonds. The Morgan fingerprint density at radius 1 is 0.972 bits per heavy atom. The van der Waals surface area contributed by atoms with E-state index in [9.17, 15) is 5.11 Å². The number of aromatic nitrogens is 1. The molecule has 36 heavy (non-hydrogen) atoms. The minimum Gasteiger partial charge on any atom is -0.507 e. The summed E-state index contributed by atoms with van der Waals surface area (Å²) in [5.74, 6) is 3.02. The van der Waals surface area contributed by atoms with Gasteiger partial charge in [0.05, 0.1) is 27.0 Å².